The highest BCUT2D eigenvalue weighted by molar-refractivity contribution is 5.34. The zero-order valence-electron chi connectivity index (χ0n) is 12.2. The van der Waals surface area contributed by atoms with Gasteiger partial charge in [-0.15, -0.1) is 0 Å². The third-order valence-corrected chi connectivity index (χ3v) is 3.59. The third-order valence-electron chi connectivity index (χ3n) is 3.59. The highest BCUT2D eigenvalue weighted by Gasteiger charge is 2.03. The van der Waals surface area contributed by atoms with Crippen molar-refractivity contribution in [1.82, 2.24) is 9.55 Å². The summed E-state index contributed by atoms with van der Waals surface area (Å²) < 4.78 is 7.23. The summed E-state index contributed by atoms with van der Waals surface area (Å²) in [5, 5.41) is 9.13. The molecule has 1 aromatic heterocycles. The Morgan fingerprint density at radius 1 is 1.30 bits per heavy atom. The lowest BCUT2D eigenvalue weighted by Crippen LogP contribution is -2.03. The van der Waals surface area contributed by atoms with Crippen LogP contribution in [0.15, 0.2) is 30.6 Å². The fourth-order valence-corrected chi connectivity index (χ4v) is 2.37. The molecule has 0 unspecified atom stereocenters. The minimum atomic E-state index is 0.00455. The quantitative estimate of drug-likeness (QED) is 0.790. The molecule has 2 rings (SSSR count). The van der Waals surface area contributed by atoms with E-state index in [4.69, 9.17) is 9.84 Å². The lowest BCUT2D eigenvalue weighted by Gasteiger charge is -2.09. The van der Waals surface area contributed by atoms with Crippen molar-refractivity contribution in [1.29, 1.82) is 0 Å². The number of ether oxygens (including phenoxy) is 1. The second-order valence-electron chi connectivity index (χ2n) is 4.94. The molecule has 0 atom stereocenters. The van der Waals surface area contributed by atoms with Gasteiger partial charge in [-0.3, -0.25) is 0 Å². The van der Waals surface area contributed by atoms with Crippen molar-refractivity contribution in [2.24, 2.45) is 0 Å². The number of unbranched alkanes of at least 4 members (excludes halogenated alkanes) is 1. The molecule has 108 valence electrons. The van der Waals surface area contributed by atoms with E-state index in [1.165, 1.54) is 11.1 Å². The molecule has 0 fully saturated rings. The molecule has 0 aliphatic heterocycles. The summed E-state index contributed by atoms with van der Waals surface area (Å²) in [6.07, 6.45) is 6.92. The van der Waals surface area contributed by atoms with Gasteiger partial charge in [-0.2, -0.15) is 0 Å². The average molecular weight is 274 g/mol. The Morgan fingerprint density at radius 3 is 2.85 bits per heavy atom. The normalized spacial score (nSPS) is 10.8. The number of benzene rings is 1. The number of aryl methyl sites for hydroxylation is 3. The maximum atomic E-state index is 9.13. The van der Waals surface area contributed by atoms with Gasteiger partial charge in [0.15, 0.2) is 0 Å². The van der Waals surface area contributed by atoms with Crippen LogP contribution in [0.2, 0.25) is 0 Å². The van der Waals surface area contributed by atoms with E-state index in [0.717, 1.165) is 37.4 Å². The number of aromatic nitrogens is 2. The van der Waals surface area contributed by atoms with Crippen LogP contribution in [-0.2, 0) is 19.6 Å². The highest BCUT2D eigenvalue weighted by atomic mass is 16.5. The Morgan fingerprint density at radius 2 is 2.15 bits per heavy atom. The lowest BCUT2D eigenvalue weighted by molar-refractivity contribution is 0.264. The topological polar surface area (TPSA) is 47.3 Å². The largest absolute Gasteiger partial charge is 0.497 e. The van der Waals surface area contributed by atoms with Crippen molar-refractivity contribution in [3.05, 3.63) is 47.5 Å². The molecule has 0 aliphatic rings. The summed E-state index contributed by atoms with van der Waals surface area (Å²) in [6, 6.07) is 6.24. The first-order chi connectivity index (χ1) is 9.74. The Labute approximate surface area is 120 Å². The van der Waals surface area contributed by atoms with Crippen LogP contribution in [0.1, 0.15) is 29.8 Å². The Hall–Kier alpha value is -1.81. The van der Waals surface area contributed by atoms with Gasteiger partial charge >= 0.3 is 0 Å². The van der Waals surface area contributed by atoms with Gasteiger partial charge in [0.2, 0.25) is 0 Å². The lowest BCUT2D eigenvalue weighted by atomic mass is 10.0. The van der Waals surface area contributed by atoms with Crippen molar-refractivity contribution < 1.29 is 9.84 Å². The fraction of sp³-hybridized carbons (Fsp3) is 0.438. The maximum Gasteiger partial charge on any atom is 0.134 e. The van der Waals surface area contributed by atoms with Crippen LogP contribution in [0.5, 0.6) is 5.75 Å². The van der Waals surface area contributed by atoms with Gasteiger partial charge in [-0.25, -0.2) is 4.98 Å². The Balaban J connectivity index is 1.81. The van der Waals surface area contributed by atoms with Crippen LogP contribution in [0, 0.1) is 6.92 Å². The molecule has 0 saturated carbocycles. The molecule has 0 saturated heterocycles. The fourth-order valence-electron chi connectivity index (χ4n) is 2.37. The molecular formula is C16H22N2O2. The SMILES string of the molecule is COc1ccc(CCCCn2ccnc2CO)c(C)c1. The van der Waals surface area contributed by atoms with Crippen LogP contribution in [0.3, 0.4) is 0 Å². The number of nitrogens with zero attached hydrogens (tertiary/aromatic N) is 2. The summed E-state index contributed by atoms with van der Waals surface area (Å²) in [5.41, 5.74) is 2.65. The summed E-state index contributed by atoms with van der Waals surface area (Å²) in [5.74, 6) is 1.66. The van der Waals surface area contributed by atoms with Gasteiger partial charge in [-0.1, -0.05) is 6.07 Å². The van der Waals surface area contributed by atoms with Crippen LogP contribution >= 0.6 is 0 Å². The summed E-state index contributed by atoms with van der Waals surface area (Å²) in [6.45, 7) is 3.03. The minimum absolute atomic E-state index is 0.00455. The molecule has 1 heterocycles. The first-order valence-electron chi connectivity index (χ1n) is 6.99. The number of rotatable bonds is 7. The molecule has 1 N–H and O–H groups in total. The number of imidazole rings is 1. The van der Waals surface area contributed by atoms with E-state index < -0.39 is 0 Å². The number of aliphatic hydroxyl groups excluding tert-OH is 1. The molecule has 0 aliphatic carbocycles. The molecule has 0 spiro atoms. The second kappa shape index (κ2) is 7.10. The Bertz CT molecular complexity index is 549. The first kappa shape index (κ1) is 14.6. The molecule has 0 bridgehead atoms. The van der Waals surface area contributed by atoms with E-state index in [1.54, 1.807) is 13.3 Å². The molecular weight excluding hydrogens is 252 g/mol. The molecule has 0 radical (unpaired) electrons. The second-order valence-corrected chi connectivity index (χ2v) is 4.94. The molecule has 4 nitrogen and oxygen atoms in total. The number of hydrogen-bond donors (Lipinski definition) is 1. The number of methoxy groups -OCH3 is 1. The van der Waals surface area contributed by atoms with E-state index >= 15 is 0 Å². The molecule has 4 heteroatoms. The third kappa shape index (κ3) is 3.61. The van der Waals surface area contributed by atoms with Crippen molar-refractivity contribution in [2.75, 3.05) is 7.11 Å². The minimum Gasteiger partial charge on any atom is -0.497 e. The van der Waals surface area contributed by atoms with Gasteiger partial charge in [0.05, 0.1) is 7.11 Å². The molecule has 0 amide bonds. The van der Waals surface area contributed by atoms with Gasteiger partial charge < -0.3 is 14.4 Å². The first-order valence-corrected chi connectivity index (χ1v) is 6.99. The van der Waals surface area contributed by atoms with Crippen LogP contribution < -0.4 is 4.74 Å². The van der Waals surface area contributed by atoms with Gasteiger partial charge in [0.25, 0.3) is 0 Å². The zero-order chi connectivity index (χ0) is 14.4. The summed E-state index contributed by atoms with van der Waals surface area (Å²) >= 11 is 0. The van der Waals surface area contributed by atoms with Gasteiger partial charge in [0, 0.05) is 18.9 Å². The maximum absolute atomic E-state index is 9.13. The monoisotopic (exact) mass is 274 g/mol. The zero-order valence-corrected chi connectivity index (χ0v) is 12.2. The van der Waals surface area contributed by atoms with Crippen molar-refractivity contribution in [3.63, 3.8) is 0 Å². The highest BCUT2D eigenvalue weighted by Crippen LogP contribution is 2.18. The summed E-state index contributed by atoms with van der Waals surface area (Å²) in [4.78, 5) is 4.10. The van der Waals surface area contributed by atoms with Crippen molar-refractivity contribution in [2.45, 2.75) is 39.3 Å². The molecule has 20 heavy (non-hydrogen) atoms. The van der Waals surface area contributed by atoms with E-state index in [1.807, 2.05) is 16.8 Å². The van der Waals surface area contributed by atoms with E-state index in [2.05, 4.69) is 24.0 Å². The van der Waals surface area contributed by atoms with Gasteiger partial charge in [0.1, 0.15) is 18.2 Å². The van der Waals surface area contributed by atoms with E-state index in [0.29, 0.717) is 0 Å². The van der Waals surface area contributed by atoms with E-state index in [-0.39, 0.29) is 6.61 Å². The predicted octanol–water partition coefficient (Wildman–Crippen LogP) is 2.72. The van der Waals surface area contributed by atoms with E-state index in [9.17, 15) is 0 Å². The number of aliphatic hydroxyl groups is 1. The van der Waals surface area contributed by atoms with Crippen molar-refractivity contribution >= 4 is 0 Å². The standard InChI is InChI=1S/C16H22N2O2/c1-13-11-15(20-2)7-6-14(13)5-3-4-9-18-10-8-17-16(18)12-19/h6-8,10-11,19H,3-5,9,12H2,1-2H3. The molecule has 1 aromatic carbocycles. The smallest absolute Gasteiger partial charge is 0.134 e. The average Bonchev–Trinajstić information content (AvgIpc) is 2.92. The van der Waals surface area contributed by atoms with Crippen LogP contribution in [0.25, 0.3) is 0 Å². The van der Waals surface area contributed by atoms with Crippen LogP contribution in [-0.4, -0.2) is 21.8 Å². The van der Waals surface area contributed by atoms with Crippen molar-refractivity contribution in [3.8, 4) is 5.75 Å². The summed E-state index contributed by atoms with van der Waals surface area (Å²) in [7, 11) is 1.69. The van der Waals surface area contributed by atoms with Gasteiger partial charge in [-0.05, 0) is 49.4 Å². The Kier molecular flexibility index (Phi) is 5.18. The molecule has 2 aromatic rings. The van der Waals surface area contributed by atoms with Crippen LogP contribution in [0.4, 0.5) is 0 Å². The number of hydrogen-bond acceptors (Lipinski definition) is 3. The predicted molar refractivity (Wildman–Crippen MR) is 78.8 cm³/mol.